The Morgan fingerprint density at radius 2 is 2.00 bits per heavy atom. The highest BCUT2D eigenvalue weighted by molar-refractivity contribution is 5.86. The number of nitrogens with zero attached hydrogens (tertiary/aromatic N) is 1. The quantitative estimate of drug-likeness (QED) is 0.325. The van der Waals surface area contributed by atoms with E-state index in [1.165, 1.54) is 30.5 Å². The molecule has 0 aliphatic heterocycles. The fourth-order valence-corrected chi connectivity index (χ4v) is 2.27. The predicted molar refractivity (Wildman–Crippen MR) is 81.1 cm³/mol. The smallest absolute Gasteiger partial charge is 0.243 e. The third-order valence-electron chi connectivity index (χ3n) is 3.41. The fraction of sp³-hybridized carbons (Fsp3) is 0.800. The van der Waals surface area contributed by atoms with Gasteiger partial charge in [-0.2, -0.15) is 0 Å². The van der Waals surface area contributed by atoms with Crippen molar-refractivity contribution < 1.29 is 14.2 Å². The zero-order valence-corrected chi connectivity index (χ0v) is 13.5. The van der Waals surface area contributed by atoms with Gasteiger partial charge in [0, 0.05) is 25.3 Å². The maximum atomic E-state index is 11.0. The normalized spacial score (nSPS) is 13.4. The van der Waals surface area contributed by atoms with Crippen molar-refractivity contribution in [3.8, 4) is 0 Å². The van der Waals surface area contributed by atoms with E-state index in [9.17, 15) is 4.79 Å². The third kappa shape index (κ3) is 10.7. The third-order valence-corrected chi connectivity index (χ3v) is 3.41. The molecular formula is C15H33N3O+2. The molecule has 0 rings (SSSR count). The second-order valence-corrected chi connectivity index (χ2v) is 6.54. The summed E-state index contributed by atoms with van der Waals surface area (Å²) < 4.78 is 1.02. The molecule has 0 spiro atoms. The van der Waals surface area contributed by atoms with Crippen LogP contribution in [0.2, 0.25) is 0 Å². The molecule has 0 saturated carbocycles. The number of rotatable bonds is 10. The van der Waals surface area contributed by atoms with Crippen LogP contribution in [0.25, 0.3) is 0 Å². The molecule has 1 atom stereocenters. The van der Waals surface area contributed by atoms with Crippen LogP contribution in [-0.4, -0.2) is 64.8 Å². The van der Waals surface area contributed by atoms with Crippen molar-refractivity contribution in [2.45, 2.75) is 19.8 Å². The van der Waals surface area contributed by atoms with Gasteiger partial charge in [0.1, 0.15) is 0 Å². The lowest BCUT2D eigenvalue weighted by Crippen LogP contribution is -3.06. The topological polar surface area (TPSA) is 33.5 Å². The summed E-state index contributed by atoms with van der Waals surface area (Å²) in [6.45, 7) is 10.0. The summed E-state index contributed by atoms with van der Waals surface area (Å²) in [5, 5.41) is 2.83. The standard InChI is InChI=1S/C15H31N3O/c1-7-15(19)16-10-8-11-18(5,6)12-9-14(2)13-17(3)4/h7,14H,1,8-13H2,2-6H3/p+2. The van der Waals surface area contributed by atoms with Crippen LogP contribution in [0.5, 0.6) is 0 Å². The van der Waals surface area contributed by atoms with Crippen molar-refractivity contribution in [3.63, 3.8) is 0 Å². The molecule has 112 valence electrons. The minimum atomic E-state index is -0.0760. The van der Waals surface area contributed by atoms with Gasteiger partial charge in [-0.05, 0) is 6.08 Å². The molecule has 2 N–H and O–H groups in total. The average molecular weight is 271 g/mol. The van der Waals surface area contributed by atoms with Gasteiger partial charge in [-0.15, -0.1) is 0 Å². The zero-order valence-electron chi connectivity index (χ0n) is 13.5. The van der Waals surface area contributed by atoms with E-state index in [4.69, 9.17) is 0 Å². The minimum Gasteiger partial charge on any atom is -0.352 e. The maximum absolute atomic E-state index is 11.0. The second-order valence-electron chi connectivity index (χ2n) is 6.54. The molecule has 1 unspecified atom stereocenters. The summed E-state index contributed by atoms with van der Waals surface area (Å²) in [4.78, 5) is 12.5. The Hall–Kier alpha value is -0.870. The highest BCUT2D eigenvalue weighted by Gasteiger charge is 2.17. The van der Waals surface area contributed by atoms with Gasteiger partial charge in [0.15, 0.2) is 0 Å². The average Bonchev–Trinajstić information content (AvgIpc) is 2.31. The van der Waals surface area contributed by atoms with Gasteiger partial charge in [-0.3, -0.25) is 4.79 Å². The van der Waals surface area contributed by atoms with E-state index >= 15 is 0 Å². The summed E-state index contributed by atoms with van der Waals surface area (Å²) >= 11 is 0. The number of carbonyl (C=O) groups excluding carboxylic acids is 1. The molecule has 0 aliphatic carbocycles. The van der Waals surface area contributed by atoms with Crippen molar-refractivity contribution in [1.82, 2.24) is 5.32 Å². The first-order valence-electron chi connectivity index (χ1n) is 7.28. The molecule has 0 bridgehead atoms. The van der Waals surface area contributed by atoms with E-state index in [2.05, 4.69) is 47.0 Å². The SMILES string of the molecule is C=CC(=O)NCCC[N+](C)(C)CCC(C)C[NH+](C)C. The van der Waals surface area contributed by atoms with Gasteiger partial charge < -0.3 is 14.7 Å². The molecule has 0 aromatic heterocycles. The number of amides is 1. The second kappa shape index (κ2) is 9.10. The molecule has 0 radical (unpaired) electrons. The Balaban J connectivity index is 3.79. The largest absolute Gasteiger partial charge is 0.352 e. The van der Waals surface area contributed by atoms with E-state index in [1.807, 2.05) is 0 Å². The summed E-state index contributed by atoms with van der Waals surface area (Å²) in [6.07, 6.45) is 3.60. The van der Waals surface area contributed by atoms with Gasteiger partial charge in [-0.25, -0.2) is 0 Å². The van der Waals surface area contributed by atoms with Gasteiger partial charge in [0.25, 0.3) is 0 Å². The van der Waals surface area contributed by atoms with E-state index < -0.39 is 0 Å². The maximum Gasteiger partial charge on any atom is 0.243 e. The Bertz CT molecular complexity index is 275. The molecule has 4 heteroatoms. The number of hydrogen-bond donors (Lipinski definition) is 2. The zero-order chi connectivity index (χ0) is 14.9. The summed E-state index contributed by atoms with van der Waals surface area (Å²) in [5.74, 6) is 0.691. The molecule has 19 heavy (non-hydrogen) atoms. The molecule has 4 nitrogen and oxygen atoms in total. The summed E-state index contributed by atoms with van der Waals surface area (Å²) in [5.41, 5.74) is 0. The lowest BCUT2D eigenvalue weighted by molar-refractivity contribution is -0.892. The van der Waals surface area contributed by atoms with Crippen LogP contribution in [-0.2, 0) is 4.79 Å². The van der Waals surface area contributed by atoms with E-state index in [0.29, 0.717) is 0 Å². The van der Waals surface area contributed by atoms with Gasteiger partial charge in [0.05, 0.1) is 47.8 Å². The van der Waals surface area contributed by atoms with E-state index in [-0.39, 0.29) is 5.91 Å². The Morgan fingerprint density at radius 3 is 2.53 bits per heavy atom. The van der Waals surface area contributed by atoms with Gasteiger partial charge in [0.2, 0.25) is 5.91 Å². The fourth-order valence-electron chi connectivity index (χ4n) is 2.27. The molecule has 0 heterocycles. The molecule has 0 fully saturated rings. The van der Waals surface area contributed by atoms with Crippen molar-refractivity contribution in [1.29, 1.82) is 0 Å². The van der Waals surface area contributed by atoms with E-state index in [0.717, 1.165) is 29.9 Å². The molecule has 0 aromatic rings. The summed E-state index contributed by atoms with van der Waals surface area (Å²) in [7, 11) is 8.95. The highest BCUT2D eigenvalue weighted by Crippen LogP contribution is 2.06. The summed E-state index contributed by atoms with van der Waals surface area (Å²) in [6, 6.07) is 0. The Morgan fingerprint density at radius 1 is 1.37 bits per heavy atom. The van der Waals surface area contributed by atoms with Crippen LogP contribution in [0.1, 0.15) is 19.8 Å². The van der Waals surface area contributed by atoms with Crippen molar-refractivity contribution in [2.75, 3.05) is 54.4 Å². The Kier molecular flexibility index (Phi) is 8.68. The number of quaternary nitrogens is 2. The number of hydrogen-bond acceptors (Lipinski definition) is 1. The number of carbonyl (C=O) groups is 1. The first-order valence-corrected chi connectivity index (χ1v) is 7.28. The van der Waals surface area contributed by atoms with Crippen molar-refractivity contribution in [2.24, 2.45) is 5.92 Å². The van der Waals surface area contributed by atoms with Gasteiger partial charge in [-0.1, -0.05) is 13.5 Å². The molecule has 0 aliphatic rings. The van der Waals surface area contributed by atoms with Crippen molar-refractivity contribution >= 4 is 5.91 Å². The number of nitrogens with one attached hydrogen (secondary N) is 2. The lowest BCUT2D eigenvalue weighted by atomic mass is 10.1. The van der Waals surface area contributed by atoms with Crippen LogP contribution < -0.4 is 10.2 Å². The van der Waals surface area contributed by atoms with Crippen LogP contribution >= 0.6 is 0 Å². The first kappa shape index (κ1) is 18.1. The minimum absolute atomic E-state index is 0.0760. The van der Waals surface area contributed by atoms with Crippen molar-refractivity contribution in [3.05, 3.63) is 12.7 Å². The lowest BCUT2D eigenvalue weighted by Gasteiger charge is -2.31. The predicted octanol–water partition coefficient (Wildman–Crippen LogP) is -0.0742. The molecular weight excluding hydrogens is 238 g/mol. The van der Waals surface area contributed by atoms with Crippen LogP contribution in [0, 0.1) is 5.92 Å². The van der Waals surface area contributed by atoms with Crippen LogP contribution in [0.4, 0.5) is 0 Å². The highest BCUT2D eigenvalue weighted by atomic mass is 16.1. The molecule has 1 amide bonds. The first-order chi connectivity index (χ1) is 8.76. The van der Waals surface area contributed by atoms with Crippen LogP contribution in [0.15, 0.2) is 12.7 Å². The molecule has 0 saturated heterocycles. The molecule has 0 aromatic carbocycles. The van der Waals surface area contributed by atoms with E-state index in [1.54, 1.807) is 0 Å². The van der Waals surface area contributed by atoms with Gasteiger partial charge >= 0.3 is 0 Å². The monoisotopic (exact) mass is 271 g/mol. The van der Waals surface area contributed by atoms with Crippen LogP contribution in [0.3, 0.4) is 0 Å². The Labute approximate surface area is 119 Å².